The molecule has 0 aromatic heterocycles. The summed E-state index contributed by atoms with van der Waals surface area (Å²) in [5.41, 5.74) is 3.07. The number of anilines is 3. The van der Waals surface area contributed by atoms with Crippen LogP contribution in [0.25, 0.3) is 0 Å². The number of carbonyl (C=O) groups is 2. The topological polar surface area (TPSA) is 82.7 Å². The molecule has 4 amide bonds. The number of benzene rings is 3. The summed E-state index contributed by atoms with van der Waals surface area (Å²) in [4.78, 5) is 26.8. The molecule has 0 bridgehead atoms. The molecule has 3 rings (SSSR count). The fraction of sp³-hybridized carbons (Fsp3) is 0.167. The number of rotatable bonds is 7. The van der Waals surface area contributed by atoms with E-state index in [1.54, 1.807) is 24.1 Å². The summed E-state index contributed by atoms with van der Waals surface area (Å²) in [5, 5.41) is 8.46. The molecule has 0 aliphatic heterocycles. The number of ether oxygens (including phenoxy) is 1. The Kier molecular flexibility index (Phi) is 7.48. The standard InChI is InChI=1S/C24H26N4O3/c1-18-9-8-10-19(17-18)26-24(30)28(20-11-4-3-5-12-20)16-15-25-23(29)27-21-13-6-7-14-22(21)31-2/h3-14,17H,15-16H2,1-2H3,(H,26,30)(H2,25,27,29). The quantitative estimate of drug-likeness (QED) is 0.512. The average Bonchev–Trinajstić information content (AvgIpc) is 2.77. The van der Waals surface area contributed by atoms with Crippen LogP contribution in [0.3, 0.4) is 0 Å². The molecular weight excluding hydrogens is 392 g/mol. The normalized spacial score (nSPS) is 10.1. The Labute approximate surface area is 182 Å². The van der Waals surface area contributed by atoms with Gasteiger partial charge in [-0.05, 0) is 48.9 Å². The van der Waals surface area contributed by atoms with Gasteiger partial charge in [0.15, 0.2) is 0 Å². The third kappa shape index (κ3) is 6.24. The number of aryl methyl sites for hydroxylation is 1. The Morgan fingerprint density at radius 2 is 1.65 bits per heavy atom. The van der Waals surface area contributed by atoms with Crippen molar-refractivity contribution in [1.29, 1.82) is 0 Å². The van der Waals surface area contributed by atoms with E-state index in [4.69, 9.17) is 4.74 Å². The van der Waals surface area contributed by atoms with Crippen molar-refractivity contribution in [1.82, 2.24) is 5.32 Å². The number of urea groups is 2. The van der Waals surface area contributed by atoms with Crippen LogP contribution >= 0.6 is 0 Å². The van der Waals surface area contributed by atoms with E-state index >= 15 is 0 Å². The van der Waals surface area contributed by atoms with Gasteiger partial charge in [0, 0.05) is 24.5 Å². The molecule has 0 saturated heterocycles. The maximum absolute atomic E-state index is 12.9. The highest BCUT2D eigenvalue weighted by molar-refractivity contribution is 6.01. The molecule has 7 heteroatoms. The van der Waals surface area contributed by atoms with Gasteiger partial charge in [0.05, 0.1) is 12.8 Å². The minimum atomic E-state index is -0.378. The minimum absolute atomic E-state index is 0.261. The number of nitrogens with zero attached hydrogens (tertiary/aromatic N) is 1. The molecule has 7 nitrogen and oxygen atoms in total. The molecular formula is C24H26N4O3. The first kappa shape index (κ1) is 21.7. The van der Waals surface area contributed by atoms with E-state index in [9.17, 15) is 9.59 Å². The Morgan fingerprint density at radius 3 is 2.39 bits per heavy atom. The summed E-state index contributed by atoms with van der Waals surface area (Å²) in [7, 11) is 1.54. The number of amides is 4. The highest BCUT2D eigenvalue weighted by Gasteiger charge is 2.16. The first-order chi connectivity index (χ1) is 15.1. The van der Waals surface area contributed by atoms with Gasteiger partial charge in [0.1, 0.15) is 5.75 Å². The van der Waals surface area contributed by atoms with E-state index in [0.29, 0.717) is 23.7 Å². The van der Waals surface area contributed by atoms with Gasteiger partial charge in [-0.2, -0.15) is 0 Å². The van der Waals surface area contributed by atoms with Crippen molar-refractivity contribution in [2.45, 2.75) is 6.92 Å². The molecule has 0 fully saturated rings. The van der Waals surface area contributed by atoms with E-state index in [-0.39, 0.29) is 18.6 Å². The van der Waals surface area contributed by atoms with E-state index in [1.807, 2.05) is 73.7 Å². The summed E-state index contributed by atoms with van der Waals surface area (Å²) in [5.74, 6) is 0.570. The van der Waals surface area contributed by atoms with E-state index in [0.717, 1.165) is 11.3 Å². The molecule has 0 spiro atoms. The number of hydrogen-bond donors (Lipinski definition) is 3. The van der Waals surface area contributed by atoms with Gasteiger partial charge in [0.25, 0.3) is 0 Å². The Morgan fingerprint density at radius 1 is 0.903 bits per heavy atom. The molecule has 0 radical (unpaired) electrons. The second-order valence-electron chi connectivity index (χ2n) is 6.87. The lowest BCUT2D eigenvalue weighted by Gasteiger charge is -2.23. The zero-order valence-electron chi connectivity index (χ0n) is 17.6. The van der Waals surface area contributed by atoms with Crippen molar-refractivity contribution < 1.29 is 14.3 Å². The van der Waals surface area contributed by atoms with Gasteiger partial charge in [-0.15, -0.1) is 0 Å². The third-order valence-corrected chi connectivity index (χ3v) is 4.56. The molecule has 0 saturated carbocycles. The lowest BCUT2D eigenvalue weighted by molar-refractivity contribution is 0.250. The van der Waals surface area contributed by atoms with Crippen molar-refractivity contribution in [2.24, 2.45) is 0 Å². The summed E-state index contributed by atoms with van der Waals surface area (Å²) >= 11 is 0. The molecule has 3 N–H and O–H groups in total. The summed E-state index contributed by atoms with van der Waals surface area (Å²) in [6.45, 7) is 2.52. The van der Waals surface area contributed by atoms with Crippen molar-refractivity contribution >= 4 is 29.1 Å². The lowest BCUT2D eigenvalue weighted by Crippen LogP contribution is -2.42. The second-order valence-corrected chi connectivity index (χ2v) is 6.87. The van der Waals surface area contributed by atoms with Crippen molar-refractivity contribution in [3.05, 3.63) is 84.4 Å². The van der Waals surface area contributed by atoms with Gasteiger partial charge in [-0.25, -0.2) is 9.59 Å². The molecule has 0 aliphatic rings. The van der Waals surface area contributed by atoms with Crippen LogP contribution in [0.4, 0.5) is 26.7 Å². The SMILES string of the molecule is COc1ccccc1NC(=O)NCCN(C(=O)Nc1cccc(C)c1)c1ccccc1. The van der Waals surface area contributed by atoms with E-state index in [1.165, 1.54) is 0 Å². The maximum Gasteiger partial charge on any atom is 0.326 e. The van der Waals surface area contributed by atoms with Crippen LogP contribution in [-0.4, -0.2) is 32.3 Å². The van der Waals surface area contributed by atoms with Crippen LogP contribution in [-0.2, 0) is 0 Å². The number of nitrogens with one attached hydrogen (secondary N) is 3. The highest BCUT2D eigenvalue weighted by Crippen LogP contribution is 2.22. The minimum Gasteiger partial charge on any atom is -0.495 e. The summed E-state index contributed by atoms with van der Waals surface area (Å²) in [6.07, 6.45) is 0. The largest absolute Gasteiger partial charge is 0.495 e. The summed E-state index contributed by atoms with van der Waals surface area (Å²) in [6, 6.07) is 23.4. The molecule has 3 aromatic carbocycles. The van der Waals surface area contributed by atoms with E-state index in [2.05, 4.69) is 16.0 Å². The predicted molar refractivity (Wildman–Crippen MR) is 124 cm³/mol. The molecule has 0 aliphatic carbocycles. The number of carbonyl (C=O) groups excluding carboxylic acids is 2. The molecule has 0 unspecified atom stereocenters. The summed E-state index contributed by atoms with van der Waals surface area (Å²) < 4.78 is 5.24. The number of hydrogen-bond acceptors (Lipinski definition) is 3. The van der Waals surface area contributed by atoms with Crippen molar-refractivity contribution in [3.63, 3.8) is 0 Å². The monoisotopic (exact) mass is 418 g/mol. The van der Waals surface area contributed by atoms with Gasteiger partial charge in [-0.1, -0.05) is 42.5 Å². The zero-order chi connectivity index (χ0) is 22.1. The van der Waals surface area contributed by atoms with Gasteiger partial charge in [-0.3, -0.25) is 4.90 Å². The van der Waals surface area contributed by atoms with Gasteiger partial charge < -0.3 is 20.7 Å². The molecule has 160 valence electrons. The molecule has 3 aromatic rings. The average molecular weight is 418 g/mol. The number of para-hydroxylation sites is 3. The lowest BCUT2D eigenvalue weighted by atomic mass is 10.2. The predicted octanol–water partition coefficient (Wildman–Crippen LogP) is 4.86. The Balaban J connectivity index is 1.62. The van der Waals surface area contributed by atoms with Gasteiger partial charge >= 0.3 is 12.1 Å². The van der Waals surface area contributed by atoms with E-state index < -0.39 is 0 Å². The molecule has 0 heterocycles. The van der Waals surface area contributed by atoms with Crippen LogP contribution in [0.2, 0.25) is 0 Å². The van der Waals surface area contributed by atoms with Gasteiger partial charge in [0.2, 0.25) is 0 Å². The van der Waals surface area contributed by atoms with Crippen LogP contribution in [0.1, 0.15) is 5.56 Å². The van der Waals surface area contributed by atoms with Crippen LogP contribution in [0.15, 0.2) is 78.9 Å². The van der Waals surface area contributed by atoms with Crippen LogP contribution < -0.4 is 25.6 Å². The number of methoxy groups -OCH3 is 1. The van der Waals surface area contributed by atoms with Crippen molar-refractivity contribution in [3.8, 4) is 5.75 Å². The van der Waals surface area contributed by atoms with Crippen LogP contribution in [0.5, 0.6) is 5.75 Å². The molecule has 0 atom stereocenters. The fourth-order valence-electron chi connectivity index (χ4n) is 3.07. The smallest absolute Gasteiger partial charge is 0.326 e. The first-order valence-corrected chi connectivity index (χ1v) is 9.95. The maximum atomic E-state index is 12.9. The Hall–Kier alpha value is -4.00. The van der Waals surface area contributed by atoms with Crippen molar-refractivity contribution in [2.75, 3.05) is 35.7 Å². The second kappa shape index (κ2) is 10.7. The highest BCUT2D eigenvalue weighted by atomic mass is 16.5. The fourth-order valence-corrected chi connectivity index (χ4v) is 3.07. The first-order valence-electron chi connectivity index (χ1n) is 9.95. The molecule has 31 heavy (non-hydrogen) atoms. The zero-order valence-corrected chi connectivity index (χ0v) is 17.6. The van der Waals surface area contributed by atoms with Crippen LogP contribution in [0, 0.1) is 6.92 Å². The Bertz CT molecular complexity index is 1020. The third-order valence-electron chi connectivity index (χ3n) is 4.56.